The molecule has 0 N–H and O–H groups in total. The Kier molecular flexibility index (Phi) is 6.77. The molecule has 2 aliphatic rings. The minimum absolute atomic E-state index is 0.872. The number of aromatic nitrogens is 6. The Bertz CT molecular complexity index is 3840. The van der Waals surface area contributed by atoms with Crippen molar-refractivity contribution in [1.82, 2.24) is 27.9 Å². The van der Waals surface area contributed by atoms with Gasteiger partial charge < -0.3 is 14.7 Å². The third kappa shape index (κ3) is 4.60. The van der Waals surface area contributed by atoms with Gasteiger partial charge in [0.15, 0.2) is 0 Å². The average Bonchev–Trinajstić information content (AvgIpc) is 4.11. The first-order valence-corrected chi connectivity index (χ1v) is 21.9. The number of imidazole rings is 4. The van der Waals surface area contributed by atoms with E-state index in [2.05, 4.69) is 245 Å². The van der Waals surface area contributed by atoms with E-state index in [0.717, 1.165) is 118 Å². The molecule has 9 heteroatoms. The van der Waals surface area contributed by atoms with Crippen molar-refractivity contribution < 1.29 is 0 Å². The average molecular weight is 834 g/mol. The molecule has 6 heterocycles. The molecule has 15 rings (SSSR count). The molecule has 0 aliphatic carbocycles. The van der Waals surface area contributed by atoms with Crippen LogP contribution < -0.4 is 14.7 Å². The molecule has 0 atom stereocenters. The van der Waals surface area contributed by atoms with E-state index in [-0.39, 0.29) is 0 Å². The number of rotatable bonds is 4. The topological polar surface area (TPSA) is 54.2 Å². The maximum Gasteiger partial charge on any atom is 0.220 e. The Morgan fingerprint density at radius 3 is 1.12 bits per heavy atom. The van der Waals surface area contributed by atoms with Crippen LogP contribution >= 0.6 is 0 Å². The van der Waals surface area contributed by atoms with Crippen molar-refractivity contribution in [3.8, 4) is 11.4 Å². The van der Waals surface area contributed by atoms with Crippen LogP contribution in [0.25, 0.3) is 67.1 Å². The lowest BCUT2D eigenvalue weighted by Crippen LogP contribution is -2.30. The monoisotopic (exact) mass is 833 g/mol. The summed E-state index contributed by atoms with van der Waals surface area (Å²) in [5.74, 6) is 1.74. The van der Waals surface area contributed by atoms with Crippen molar-refractivity contribution in [2.45, 2.75) is 0 Å². The molecule has 0 saturated carbocycles. The molecule has 9 aromatic carbocycles. The Balaban J connectivity index is 1.05. The van der Waals surface area contributed by atoms with Gasteiger partial charge in [-0.1, -0.05) is 91.0 Å². The largest absolute Gasteiger partial charge is 0.306 e. The van der Waals surface area contributed by atoms with Crippen molar-refractivity contribution in [3.05, 3.63) is 212 Å². The van der Waals surface area contributed by atoms with Gasteiger partial charge in [-0.2, -0.15) is 0 Å². The molecule has 0 unspecified atom stereocenters. The van der Waals surface area contributed by atoms with Gasteiger partial charge >= 0.3 is 0 Å². The van der Waals surface area contributed by atoms with Crippen LogP contribution in [0.3, 0.4) is 0 Å². The third-order valence-electron chi connectivity index (χ3n) is 13.3. The van der Waals surface area contributed by atoms with Crippen LogP contribution in [0.2, 0.25) is 0 Å². The zero-order valence-corrected chi connectivity index (χ0v) is 34.7. The van der Waals surface area contributed by atoms with E-state index in [0.29, 0.717) is 0 Å². The Labute approximate surface area is 371 Å². The minimum Gasteiger partial charge on any atom is -0.306 e. The smallest absolute Gasteiger partial charge is 0.220 e. The van der Waals surface area contributed by atoms with Gasteiger partial charge in [0.2, 0.25) is 11.6 Å². The second kappa shape index (κ2) is 12.7. The van der Waals surface area contributed by atoms with Crippen LogP contribution in [-0.4, -0.2) is 27.9 Å². The summed E-state index contributed by atoms with van der Waals surface area (Å²) >= 11 is 0. The first-order chi connectivity index (χ1) is 32.3. The number of fused-ring (bicyclic) bond motifs is 14. The van der Waals surface area contributed by atoms with Gasteiger partial charge in [0.05, 0.1) is 95.3 Å². The second-order valence-electron chi connectivity index (χ2n) is 16.8. The van der Waals surface area contributed by atoms with Crippen LogP contribution in [-0.2, 0) is 0 Å². The molecule has 2 aliphatic heterocycles. The summed E-state index contributed by atoms with van der Waals surface area (Å²) in [6.07, 6.45) is 0. The highest BCUT2D eigenvalue weighted by molar-refractivity contribution is 6.13. The summed E-state index contributed by atoms with van der Waals surface area (Å²) in [6, 6.07) is 76.0. The lowest BCUT2D eigenvalue weighted by Gasteiger charge is -2.47. The number of anilines is 9. The Morgan fingerprint density at radius 2 is 0.662 bits per heavy atom. The second-order valence-corrected chi connectivity index (χ2v) is 16.8. The first kappa shape index (κ1) is 34.5. The third-order valence-corrected chi connectivity index (χ3v) is 13.3. The fraction of sp³-hybridized carbons (Fsp3) is 0. The first-order valence-electron chi connectivity index (χ1n) is 21.9. The molecule has 13 aromatic rings. The summed E-state index contributed by atoms with van der Waals surface area (Å²) in [5, 5.41) is 0. The van der Waals surface area contributed by atoms with Crippen molar-refractivity contribution >= 4 is 107 Å². The highest BCUT2D eigenvalue weighted by Gasteiger charge is 2.40. The molecule has 0 bridgehead atoms. The summed E-state index contributed by atoms with van der Waals surface area (Å²) in [7, 11) is 0. The highest BCUT2D eigenvalue weighted by atomic mass is 15.3. The van der Waals surface area contributed by atoms with Crippen LogP contribution in [0.1, 0.15) is 0 Å². The van der Waals surface area contributed by atoms with Gasteiger partial charge in [-0.25, -0.2) is 9.97 Å². The molecule has 4 aromatic heterocycles. The van der Waals surface area contributed by atoms with Crippen molar-refractivity contribution in [2.24, 2.45) is 0 Å². The van der Waals surface area contributed by atoms with E-state index in [9.17, 15) is 0 Å². The fourth-order valence-electron chi connectivity index (χ4n) is 10.7. The molecular weight excluding hydrogens is 799 g/mol. The molecule has 0 saturated heterocycles. The van der Waals surface area contributed by atoms with Gasteiger partial charge in [0, 0.05) is 11.4 Å². The zero-order valence-electron chi connectivity index (χ0n) is 34.7. The van der Waals surface area contributed by atoms with E-state index < -0.39 is 0 Å². The highest BCUT2D eigenvalue weighted by Crippen LogP contribution is 2.63. The van der Waals surface area contributed by atoms with E-state index in [1.807, 2.05) is 0 Å². The number of nitrogens with zero attached hydrogens (tertiary/aromatic N) is 9. The molecule has 0 amide bonds. The Morgan fingerprint density at radius 1 is 0.262 bits per heavy atom. The molecule has 65 heavy (non-hydrogen) atoms. The van der Waals surface area contributed by atoms with Crippen molar-refractivity contribution in [1.29, 1.82) is 0 Å². The van der Waals surface area contributed by atoms with Gasteiger partial charge in [-0.3, -0.25) is 17.9 Å². The molecular formula is C56H35N9. The minimum atomic E-state index is 0.872. The molecule has 304 valence electrons. The SMILES string of the molecule is c1ccc(N2c3ccc(-n4c5ccccc5n5c6ccccc6nc45)cc3N3c4cc(-n5c6ccccc6n6c7ccccc7nc56)ccc4N(c4ccccc4)c4cccc2c43)cc1. The van der Waals surface area contributed by atoms with Gasteiger partial charge in [-0.05, 0) is 121 Å². The number of benzene rings is 9. The van der Waals surface area contributed by atoms with Gasteiger partial charge in [0.1, 0.15) is 0 Å². The zero-order chi connectivity index (χ0) is 42.3. The van der Waals surface area contributed by atoms with E-state index >= 15 is 0 Å². The lowest BCUT2D eigenvalue weighted by molar-refractivity contribution is 1.07. The standard InChI is InChI=1S/C56H35N9/c1-3-16-36(17-4-1)59-48-32-30-38(61-44-24-11-13-26-46(44)64-42-22-9-7-20-40(42)57-55(61)64)34-52(48)63-53-35-39(62-45-25-12-14-27-47(45)65-43-23-10-8-21-41(43)58-56(62)65)31-33-49(53)60(37-18-5-2-6-19-37)51-29-15-28-50(59)54(51)63/h1-35H. The Hall–Kier alpha value is -9.08. The van der Waals surface area contributed by atoms with Crippen molar-refractivity contribution in [2.75, 3.05) is 14.7 Å². The van der Waals surface area contributed by atoms with Crippen molar-refractivity contribution in [3.63, 3.8) is 0 Å². The molecule has 0 radical (unpaired) electrons. The lowest BCUT2D eigenvalue weighted by atomic mass is 9.98. The predicted octanol–water partition coefficient (Wildman–Crippen LogP) is 14.2. The quantitative estimate of drug-likeness (QED) is 0.177. The van der Waals surface area contributed by atoms with E-state index in [4.69, 9.17) is 9.97 Å². The summed E-state index contributed by atoms with van der Waals surface area (Å²) in [6.45, 7) is 0. The van der Waals surface area contributed by atoms with Crippen LogP contribution in [0, 0.1) is 0 Å². The van der Waals surface area contributed by atoms with Gasteiger partial charge in [-0.15, -0.1) is 0 Å². The van der Waals surface area contributed by atoms with E-state index in [1.54, 1.807) is 0 Å². The predicted molar refractivity (Wildman–Crippen MR) is 264 cm³/mol. The summed E-state index contributed by atoms with van der Waals surface area (Å²) in [5.41, 5.74) is 20.2. The normalized spacial score (nSPS) is 13.1. The molecule has 0 fully saturated rings. The number of hydrogen-bond donors (Lipinski definition) is 0. The number of para-hydroxylation sites is 11. The van der Waals surface area contributed by atoms with Crippen LogP contribution in [0.5, 0.6) is 0 Å². The molecule has 0 spiro atoms. The number of hydrogen-bond acceptors (Lipinski definition) is 5. The summed E-state index contributed by atoms with van der Waals surface area (Å²) in [4.78, 5) is 17.9. The maximum atomic E-state index is 5.27. The van der Waals surface area contributed by atoms with Crippen LogP contribution in [0.4, 0.5) is 51.2 Å². The molecule has 9 nitrogen and oxygen atoms in total. The van der Waals surface area contributed by atoms with Crippen LogP contribution in [0.15, 0.2) is 212 Å². The van der Waals surface area contributed by atoms with Gasteiger partial charge in [0.25, 0.3) is 0 Å². The fourth-order valence-corrected chi connectivity index (χ4v) is 10.7. The maximum absolute atomic E-state index is 5.27. The van der Waals surface area contributed by atoms with E-state index in [1.165, 1.54) is 0 Å². The summed E-state index contributed by atoms with van der Waals surface area (Å²) < 4.78 is 9.20.